The van der Waals surface area contributed by atoms with Gasteiger partial charge in [-0.3, -0.25) is 4.79 Å². The highest BCUT2D eigenvalue weighted by molar-refractivity contribution is 5.76. The third kappa shape index (κ3) is 4.64. The van der Waals surface area contributed by atoms with E-state index in [1.165, 1.54) is 0 Å². The Labute approximate surface area is 141 Å². The van der Waals surface area contributed by atoms with Gasteiger partial charge in [0.15, 0.2) is 5.82 Å². The van der Waals surface area contributed by atoms with Crippen LogP contribution in [0.4, 0.5) is 0 Å². The Morgan fingerprint density at radius 3 is 2.96 bits per heavy atom. The molecule has 0 radical (unpaired) electrons. The van der Waals surface area contributed by atoms with Crippen LogP contribution >= 0.6 is 0 Å². The number of nitrogens with zero attached hydrogens (tertiary/aromatic N) is 2. The standard InChI is InChI=1S/C18H23N3O3/c1-13(15-8-5-11-23-15)19-17(22)9-10-18-20-16(21-24-18)12-14-6-3-2-4-7-14/h2-4,6-7,13,15H,5,8-12H2,1H3,(H,19,22)/t13-,15+/m0/s1. The third-order valence-electron chi connectivity index (χ3n) is 4.19. The molecule has 6 heteroatoms. The van der Waals surface area contributed by atoms with Crippen LogP contribution in [0.25, 0.3) is 0 Å². The number of amides is 1. The molecule has 1 amide bonds. The number of hydrogen-bond donors (Lipinski definition) is 1. The molecule has 6 nitrogen and oxygen atoms in total. The zero-order valence-corrected chi connectivity index (χ0v) is 13.9. The van der Waals surface area contributed by atoms with E-state index in [0.717, 1.165) is 25.0 Å². The van der Waals surface area contributed by atoms with Crippen LogP contribution in [-0.2, 0) is 22.4 Å². The lowest BCUT2D eigenvalue weighted by molar-refractivity contribution is -0.122. The van der Waals surface area contributed by atoms with E-state index in [-0.39, 0.29) is 18.1 Å². The van der Waals surface area contributed by atoms with Crippen molar-refractivity contribution in [2.75, 3.05) is 6.61 Å². The van der Waals surface area contributed by atoms with Gasteiger partial charge in [0.1, 0.15) is 0 Å². The summed E-state index contributed by atoms with van der Waals surface area (Å²) in [4.78, 5) is 16.4. The van der Waals surface area contributed by atoms with Gasteiger partial charge in [-0.1, -0.05) is 35.5 Å². The van der Waals surface area contributed by atoms with Gasteiger partial charge >= 0.3 is 0 Å². The topological polar surface area (TPSA) is 77.3 Å². The molecule has 1 aromatic heterocycles. The number of carbonyl (C=O) groups is 1. The van der Waals surface area contributed by atoms with Crippen LogP contribution in [0.15, 0.2) is 34.9 Å². The maximum atomic E-state index is 12.0. The number of aromatic nitrogens is 2. The lowest BCUT2D eigenvalue weighted by Crippen LogP contribution is -2.40. The molecule has 2 atom stereocenters. The Bertz CT molecular complexity index is 651. The van der Waals surface area contributed by atoms with E-state index in [9.17, 15) is 4.79 Å². The van der Waals surface area contributed by atoms with Gasteiger partial charge in [-0.05, 0) is 25.3 Å². The minimum Gasteiger partial charge on any atom is -0.376 e. The van der Waals surface area contributed by atoms with Crippen LogP contribution in [0.1, 0.15) is 43.5 Å². The number of aryl methyl sites for hydroxylation is 1. The molecule has 0 aliphatic carbocycles. The molecule has 2 aromatic rings. The van der Waals surface area contributed by atoms with Gasteiger partial charge in [-0.25, -0.2) is 0 Å². The molecule has 0 unspecified atom stereocenters. The smallest absolute Gasteiger partial charge is 0.227 e. The Morgan fingerprint density at radius 2 is 2.21 bits per heavy atom. The van der Waals surface area contributed by atoms with Crippen LogP contribution < -0.4 is 5.32 Å². The molecule has 1 aliphatic rings. The molecule has 1 fully saturated rings. The zero-order chi connectivity index (χ0) is 16.8. The average Bonchev–Trinajstić information content (AvgIpc) is 3.26. The summed E-state index contributed by atoms with van der Waals surface area (Å²) in [6, 6.07) is 10.0. The number of benzene rings is 1. The Balaban J connectivity index is 1.44. The lowest BCUT2D eigenvalue weighted by atomic mass is 10.1. The summed E-state index contributed by atoms with van der Waals surface area (Å²) < 4.78 is 10.8. The van der Waals surface area contributed by atoms with E-state index in [1.807, 2.05) is 37.3 Å². The van der Waals surface area contributed by atoms with Crippen LogP contribution in [-0.4, -0.2) is 34.8 Å². The van der Waals surface area contributed by atoms with Crippen molar-refractivity contribution in [2.24, 2.45) is 0 Å². The van der Waals surface area contributed by atoms with E-state index in [0.29, 0.717) is 31.0 Å². The van der Waals surface area contributed by atoms with E-state index in [4.69, 9.17) is 9.26 Å². The van der Waals surface area contributed by atoms with Gasteiger partial charge in [-0.15, -0.1) is 0 Å². The van der Waals surface area contributed by atoms with Crippen molar-refractivity contribution in [3.05, 3.63) is 47.6 Å². The van der Waals surface area contributed by atoms with Gasteiger partial charge in [0.2, 0.25) is 11.8 Å². The fourth-order valence-electron chi connectivity index (χ4n) is 2.88. The van der Waals surface area contributed by atoms with E-state index in [1.54, 1.807) is 0 Å². The fourth-order valence-corrected chi connectivity index (χ4v) is 2.88. The number of carbonyl (C=O) groups excluding carboxylic acids is 1. The number of rotatable bonds is 7. The predicted molar refractivity (Wildman–Crippen MR) is 88.4 cm³/mol. The Kier molecular flexibility index (Phi) is 5.59. The molecule has 0 spiro atoms. The quantitative estimate of drug-likeness (QED) is 0.843. The molecule has 1 N–H and O–H groups in total. The summed E-state index contributed by atoms with van der Waals surface area (Å²) >= 11 is 0. The molecule has 128 valence electrons. The van der Waals surface area contributed by atoms with Crippen LogP contribution in [0, 0.1) is 0 Å². The molecule has 3 rings (SSSR count). The average molecular weight is 329 g/mol. The molecule has 0 saturated carbocycles. The first-order valence-electron chi connectivity index (χ1n) is 8.47. The first-order chi connectivity index (χ1) is 11.7. The van der Waals surface area contributed by atoms with Crippen molar-refractivity contribution < 1.29 is 14.1 Å². The maximum Gasteiger partial charge on any atom is 0.227 e. The molecule has 2 heterocycles. The summed E-state index contributed by atoms with van der Waals surface area (Å²) in [6.07, 6.45) is 3.63. The third-order valence-corrected chi connectivity index (χ3v) is 4.19. The number of ether oxygens (including phenoxy) is 1. The van der Waals surface area contributed by atoms with Crippen LogP contribution in [0.3, 0.4) is 0 Å². The summed E-state index contributed by atoms with van der Waals surface area (Å²) in [5.41, 5.74) is 1.13. The molecule has 24 heavy (non-hydrogen) atoms. The minimum absolute atomic E-state index is 0.0131. The first kappa shape index (κ1) is 16.6. The van der Waals surface area contributed by atoms with Crippen molar-refractivity contribution in [3.63, 3.8) is 0 Å². The maximum absolute atomic E-state index is 12.0. The minimum atomic E-state index is -0.0131. The fraction of sp³-hybridized carbons (Fsp3) is 0.500. The van der Waals surface area contributed by atoms with Gasteiger partial charge in [0.25, 0.3) is 0 Å². The van der Waals surface area contributed by atoms with Gasteiger partial charge in [0.05, 0.1) is 12.1 Å². The SMILES string of the molecule is C[C@H](NC(=O)CCc1nc(Cc2ccccc2)no1)[C@H]1CCCO1. The second-order valence-electron chi connectivity index (χ2n) is 6.17. The van der Waals surface area contributed by atoms with Crippen LogP contribution in [0.5, 0.6) is 0 Å². The second kappa shape index (κ2) is 8.06. The lowest BCUT2D eigenvalue weighted by Gasteiger charge is -2.19. The second-order valence-corrected chi connectivity index (χ2v) is 6.17. The monoisotopic (exact) mass is 329 g/mol. The highest BCUT2D eigenvalue weighted by Crippen LogP contribution is 2.15. The van der Waals surface area contributed by atoms with Gasteiger partial charge < -0.3 is 14.6 Å². The summed E-state index contributed by atoms with van der Waals surface area (Å²) in [6.45, 7) is 2.77. The van der Waals surface area contributed by atoms with Crippen LogP contribution in [0.2, 0.25) is 0 Å². The van der Waals surface area contributed by atoms with E-state index < -0.39 is 0 Å². The van der Waals surface area contributed by atoms with Crippen molar-refractivity contribution in [1.29, 1.82) is 0 Å². The van der Waals surface area contributed by atoms with E-state index >= 15 is 0 Å². The normalized spacial score (nSPS) is 18.5. The van der Waals surface area contributed by atoms with Crippen molar-refractivity contribution in [1.82, 2.24) is 15.5 Å². The number of hydrogen-bond acceptors (Lipinski definition) is 5. The largest absolute Gasteiger partial charge is 0.376 e. The molecule has 1 saturated heterocycles. The molecular weight excluding hydrogens is 306 g/mol. The summed E-state index contributed by atoms with van der Waals surface area (Å²) in [7, 11) is 0. The predicted octanol–water partition coefficient (Wildman–Crippen LogP) is 2.28. The summed E-state index contributed by atoms with van der Waals surface area (Å²) in [5.74, 6) is 1.13. The van der Waals surface area contributed by atoms with Crippen molar-refractivity contribution >= 4 is 5.91 Å². The Hall–Kier alpha value is -2.21. The van der Waals surface area contributed by atoms with Crippen molar-refractivity contribution in [2.45, 2.75) is 51.2 Å². The number of nitrogens with one attached hydrogen (secondary N) is 1. The van der Waals surface area contributed by atoms with Crippen molar-refractivity contribution in [3.8, 4) is 0 Å². The van der Waals surface area contributed by atoms with E-state index in [2.05, 4.69) is 15.5 Å². The Morgan fingerprint density at radius 1 is 1.38 bits per heavy atom. The summed E-state index contributed by atoms with van der Waals surface area (Å²) in [5, 5.41) is 6.96. The molecule has 1 aromatic carbocycles. The zero-order valence-electron chi connectivity index (χ0n) is 13.9. The van der Waals surface area contributed by atoms with Gasteiger partial charge in [-0.2, -0.15) is 4.98 Å². The molecule has 1 aliphatic heterocycles. The molecule has 0 bridgehead atoms. The highest BCUT2D eigenvalue weighted by Gasteiger charge is 2.23. The highest BCUT2D eigenvalue weighted by atomic mass is 16.5. The molecular formula is C18H23N3O3. The first-order valence-corrected chi connectivity index (χ1v) is 8.47. The van der Waals surface area contributed by atoms with Gasteiger partial charge in [0, 0.05) is 25.9 Å².